The summed E-state index contributed by atoms with van der Waals surface area (Å²) in [6, 6.07) is 7.37. The molecular formula is C26H26Cl2F4N2O6S. The van der Waals surface area contributed by atoms with Gasteiger partial charge in [-0.3, -0.25) is 9.69 Å². The minimum Gasteiger partial charge on any atom is -0.489 e. The highest BCUT2D eigenvalue weighted by Gasteiger charge is 2.46. The number of sulfonamides is 1. The third-order valence-electron chi connectivity index (χ3n) is 6.83. The lowest BCUT2D eigenvalue weighted by molar-refractivity contribution is -0.216. The monoisotopic (exact) mass is 640 g/mol. The minimum atomic E-state index is -5.59. The van der Waals surface area contributed by atoms with Crippen molar-refractivity contribution in [3.05, 3.63) is 62.9 Å². The Morgan fingerprint density at radius 3 is 2.27 bits per heavy atom. The number of likely N-dealkylation sites (tertiary alicyclic amines) is 1. The Hall–Kier alpha value is -2.61. The number of alkyl halides is 3. The van der Waals surface area contributed by atoms with Gasteiger partial charge in [-0.1, -0.05) is 27.7 Å². The predicted molar refractivity (Wildman–Crippen MR) is 142 cm³/mol. The van der Waals surface area contributed by atoms with Crippen LogP contribution < -0.4 is 4.74 Å². The molecule has 0 unspecified atom stereocenters. The molecule has 0 bridgehead atoms. The van der Waals surface area contributed by atoms with E-state index >= 15 is 4.39 Å². The molecule has 0 aromatic heterocycles. The van der Waals surface area contributed by atoms with Crippen LogP contribution in [0.15, 0.2) is 30.3 Å². The summed E-state index contributed by atoms with van der Waals surface area (Å²) in [7, 11) is -4.86. The van der Waals surface area contributed by atoms with Gasteiger partial charge in [-0.25, -0.2) is 17.6 Å². The van der Waals surface area contributed by atoms with Gasteiger partial charge in [0.05, 0.1) is 11.8 Å². The van der Waals surface area contributed by atoms with Crippen molar-refractivity contribution in [2.75, 3.05) is 12.8 Å². The normalized spacial score (nSPS) is 20.0. The van der Waals surface area contributed by atoms with Gasteiger partial charge < -0.3 is 9.57 Å². The van der Waals surface area contributed by atoms with Gasteiger partial charge in [0, 0.05) is 28.7 Å². The number of hydroxylamine groups is 1. The predicted octanol–water partition coefficient (Wildman–Crippen LogP) is 5.86. The zero-order valence-electron chi connectivity index (χ0n) is 21.9. The second kappa shape index (κ2) is 11.9. The van der Waals surface area contributed by atoms with Crippen molar-refractivity contribution in [2.24, 2.45) is 0 Å². The fourth-order valence-electron chi connectivity index (χ4n) is 4.76. The molecule has 224 valence electrons. The zero-order valence-corrected chi connectivity index (χ0v) is 24.2. The van der Waals surface area contributed by atoms with Gasteiger partial charge in [0.2, 0.25) is 0 Å². The summed E-state index contributed by atoms with van der Waals surface area (Å²) in [4.78, 5) is 30.4. The summed E-state index contributed by atoms with van der Waals surface area (Å²) >= 11 is 12.3. The van der Waals surface area contributed by atoms with Gasteiger partial charge in [0.1, 0.15) is 17.7 Å². The van der Waals surface area contributed by atoms with Crippen LogP contribution in [0.1, 0.15) is 60.0 Å². The van der Waals surface area contributed by atoms with Crippen LogP contribution in [0.25, 0.3) is 0 Å². The van der Waals surface area contributed by atoms with Crippen molar-refractivity contribution in [1.82, 2.24) is 9.37 Å². The molecule has 8 nitrogen and oxygen atoms in total. The molecule has 1 amide bonds. The van der Waals surface area contributed by atoms with Crippen molar-refractivity contribution in [1.29, 1.82) is 0 Å². The van der Waals surface area contributed by atoms with E-state index in [-0.39, 0.29) is 29.4 Å². The molecular weight excluding hydrogens is 615 g/mol. The lowest BCUT2D eigenvalue weighted by atomic mass is 9.98. The van der Waals surface area contributed by atoms with Crippen LogP contribution in [0, 0.1) is 5.82 Å². The molecule has 1 saturated heterocycles. The Balaban J connectivity index is 1.58. The van der Waals surface area contributed by atoms with Gasteiger partial charge in [-0.15, -0.1) is 0 Å². The maximum absolute atomic E-state index is 15.4. The summed E-state index contributed by atoms with van der Waals surface area (Å²) in [6.45, 7) is 3.25. The van der Waals surface area contributed by atoms with Gasteiger partial charge >= 0.3 is 18.1 Å². The average molecular weight is 641 g/mol. The highest BCUT2D eigenvalue weighted by molar-refractivity contribution is 7.88. The lowest BCUT2D eigenvalue weighted by Gasteiger charge is -2.39. The minimum absolute atomic E-state index is 0.0515. The molecule has 2 aromatic rings. The molecule has 0 radical (unpaired) electrons. The van der Waals surface area contributed by atoms with Crippen LogP contribution in [-0.4, -0.2) is 60.8 Å². The largest absolute Gasteiger partial charge is 0.493 e. The molecule has 1 heterocycles. The number of ether oxygens (including phenoxy) is 1. The highest BCUT2D eigenvalue weighted by Crippen LogP contribution is 2.44. The third kappa shape index (κ3) is 7.62. The van der Waals surface area contributed by atoms with E-state index in [1.54, 1.807) is 6.07 Å². The summed E-state index contributed by atoms with van der Waals surface area (Å²) in [5, 5.41) is 1.01. The first kappa shape index (κ1) is 31.3. The molecule has 2 atom stereocenters. The quantitative estimate of drug-likeness (QED) is 0.276. The number of piperidine rings is 1. The molecule has 1 aliphatic carbocycles. The lowest BCUT2D eigenvalue weighted by Crippen LogP contribution is -2.48. The van der Waals surface area contributed by atoms with Gasteiger partial charge in [-0.05, 0) is 80.5 Å². The number of rotatable bonds is 7. The number of nitrogens with zero attached hydrogens (tertiary/aromatic N) is 2. The molecule has 0 N–H and O–H groups in total. The van der Waals surface area contributed by atoms with Gasteiger partial charge in [-0.2, -0.15) is 13.2 Å². The van der Waals surface area contributed by atoms with E-state index in [2.05, 4.69) is 9.74 Å². The first-order valence-electron chi connectivity index (χ1n) is 12.6. The summed E-state index contributed by atoms with van der Waals surface area (Å²) in [5.74, 6) is -6.21. The molecule has 2 aliphatic rings. The highest BCUT2D eigenvalue weighted by atomic mass is 35.5. The Labute approximate surface area is 244 Å². The van der Waals surface area contributed by atoms with E-state index in [1.807, 2.05) is 19.1 Å². The SMILES string of the molecule is C[C@H]1[C@@H](Oc2cc(F)c(C(=O)N(OC(=O)C(F)(F)F)S(C)(=O)=O)c(C3CC3)c2)CCCN1Cc1cc(Cl)cc(Cl)c1. The van der Waals surface area contributed by atoms with Crippen LogP contribution in [0.5, 0.6) is 5.75 Å². The first-order valence-corrected chi connectivity index (χ1v) is 15.2. The first-order chi connectivity index (χ1) is 19.0. The van der Waals surface area contributed by atoms with Crippen molar-refractivity contribution >= 4 is 45.1 Å². The maximum atomic E-state index is 15.4. The van der Waals surface area contributed by atoms with E-state index in [1.165, 1.54) is 6.07 Å². The van der Waals surface area contributed by atoms with E-state index in [4.69, 9.17) is 27.9 Å². The summed E-state index contributed by atoms with van der Waals surface area (Å²) in [5.41, 5.74) is 0.147. The van der Waals surface area contributed by atoms with Crippen molar-refractivity contribution < 1.29 is 45.1 Å². The molecule has 15 heteroatoms. The Bertz CT molecular complexity index is 1430. The Kier molecular flexibility index (Phi) is 9.13. The number of hydrogen-bond acceptors (Lipinski definition) is 7. The number of halogens is 6. The maximum Gasteiger partial charge on any atom is 0.493 e. The van der Waals surface area contributed by atoms with Crippen LogP contribution >= 0.6 is 23.2 Å². The van der Waals surface area contributed by atoms with Crippen LogP contribution in [0.4, 0.5) is 17.6 Å². The zero-order chi connectivity index (χ0) is 30.3. The molecule has 1 aliphatic heterocycles. The van der Waals surface area contributed by atoms with Crippen molar-refractivity contribution in [3.63, 3.8) is 0 Å². The standard InChI is InChI=1S/C26H26Cl2F4N2O6S/c1-14-22(4-3-7-33(14)13-15-8-17(27)10-18(28)9-15)39-19-11-20(16-5-6-16)23(21(29)12-19)24(35)34(41(2,37)38)40-25(36)26(30,31)32/h8-12,14,16,22H,3-7,13H2,1-2H3/t14-,22-/m0/s1. The Morgan fingerprint density at radius 2 is 1.71 bits per heavy atom. The number of amides is 1. The fourth-order valence-corrected chi connectivity index (χ4v) is 5.92. The molecule has 2 fully saturated rings. The Morgan fingerprint density at radius 1 is 1.07 bits per heavy atom. The molecule has 4 rings (SSSR count). The number of carbonyl (C=O) groups excluding carboxylic acids is 2. The van der Waals surface area contributed by atoms with E-state index < -0.39 is 43.9 Å². The van der Waals surface area contributed by atoms with Gasteiger partial charge in [0.25, 0.3) is 10.0 Å². The molecule has 41 heavy (non-hydrogen) atoms. The summed E-state index contributed by atoms with van der Waals surface area (Å²) in [6.07, 6.45) is -3.15. The number of carbonyl (C=O) groups is 2. The van der Waals surface area contributed by atoms with Crippen molar-refractivity contribution in [3.8, 4) is 5.75 Å². The second-order valence-corrected chi connectivity index (χ2v) is 12.8. The second-order valence-electron chi connectivity index (χ2n) is 10.1. The van der Waals surface area contributed by atoms with Gasteiger partial charge in [0.15, 0.2) is 0 Å². The van der Waals surface area contributed by atoms with E-state index in [0.29, 0.717) is 42.1 Å². The van der Waals surface area contributed by atoms with Crippen LogP contribution in [0.3, 0.4) is 0 Å². The summed E-state index contributed by atoms with van der Waals surface area (Å²) < 4.78 is 83.2. The topological polar surface area (TPSA) is 93.2 Å². The van der Waals surface area contributed by atoms with E-state index in [9.17, 15) is 31.2 Å². The third-order valence-corrected chi connectivity index (χ3v) is 8.11. The fraction of sp³-hybridized carbons (Fsp3) is 0.462. The van der Waals surface area contributed by atoms with Crippen LogP contribution in [-0.2, 0) is 26.2 Å². The van der Waals surface area contributed by atoms with Crippen LogP contribution in [0.2, 0.25) is 10.0 Å². The molecule has 2 aromatic carbocycles. The van der Waals surface area contributed by atoms with Crippen molar-refractivity contribution in [2.45, 2.75) is 63.4 Å². The number of benzene rings is 2. The molecule has 0 spiro atoms. The van der Waals surface area contributed by atoms with E-state index in [0.717, 1.165) is 24.6 Å². The molecule has 1 saturated carbocycles. The number of hydrogen-bond donors (Lipinski definition) is 0. The average Bonchev–Trinajstić information content (AvgIpc) is 3.68. The smallest absolute Gasteiger partial charge is 0.489 e.